The first-order valence-electron chi connectivity index (χ1n) is 8.65. The molecule has 0 saturated heterocycles. The lowest BCUT2D eigenvalue weighted by molar-refractivity contribution is 0.0735. The zero-order valence-corrected chi connectivity index (χ0v) is 14.6. The van der Waals surface area contributed by atoms with Gasteiger partial charge in [-0.25, -0.2) is 4.79 Å². The average Bonchev–Trinajstić information content (AvgIpc) is 2.68. The largest absolute Gasteiger partial charge is 0.494 e. The first-order chi connectivity index (χ1) is 12.7. The Hall–Kier alpha value is -3.14. The van der Waals surface area contributed by atoms with Crippen molar-refractivity contribution >= 4 is 23.0 Å². The van der Waals surface area contributed by atoms with Crippen LogP contribution in [0.4, 0.5) is 0 Å². The standard InChI is InChI=1S/C22H20O4/c1-2-3-13-25-19-9-6-8-17(14-19)22(24)26-21-18(15-23)12-11-16-7-4-5-10-20(16)21/h4-12,14-15H,2-3,13H2,1H3. The van der Waals surface area contributed by atoms with Gasteiger partial charge in [0.2, 0.25) is 0 Å². The fraction of sp³-hybridized carbons (Fsp3) is 0.182. The summed E-state index contributed by atoms with van der Waals surface area (Å²) in [6.07, 6.45) is 2.68. The lowest BCUT2D eigenvalue weighted by atomic mass is 10.1. The van der Waals surface area contributed by atoms with Gasteiger partial charge in [-0.3, -0.25) is 4.79 Å². The average molecular weight is 348 g/mol. The molecule has 26 heavy (non-hydrogen) atoms. The Bertz CT molecular complexity index is 930. The number of carbonyl (C=O) groups excluding carboxylic acids is 2. The van der Waals surface area contributed by atoms with E-state index in [1.165, 1.54) is 0 Å². The summed E-state index contributed by atoms with van der Waals surface area (Å²) < 4.78 is 11.2. The molecule has 0 atom stereocenters. The summed E-state index contributed by atoms with van der Waals surface area (Å²) in [5, 5.41) is 1.62. The predicted octanol–water partition coefficient (Wildman–Crippen LogP) is 5.05. The molecule has 3 rings (SSSR count). The first-order valence-corrected chi connectivity index (χ1v) is 8.65. The van der Waals surface area contributed by atoms with Crippen molar-refractivity contribution in [3.63, 3.8) is 0 Å². The number of rotatable bonds is 7. The van der Waals surface area contributed by atoms with Gasteiger partial charge in [-0.15, -0.1) is 0 Å². The second-order valence-electron chi connectivity index (χ2n) is 5.94. The summed E-state index contributed by atoms with van der Waals surface area (Å²) >= 11 is 0. The van der Waals surface area contributed by atoms with E-state index in [0.717, 1.165) is 23.6 Å². The molecule has 0 fully saturated rings. The third-order valence-electron chi connectivity index (χ3n) is 4.07. The minimum absolute atomic E-state index is 0.278. The van der Waals surface area contributed by atoms with E-state index in [2.05, 4.69) is 6.92 Å². The van der Waals surface area contributed by atoms with E-state index in [9.17, 15) is 9.59 Å². The number of unbranched alkanes of at least 4 members (excludes halogenated alkanes) is 1. The Balaban J connectivity index is 1.87. The maximum Gasteiger partial charge on any atom is 0.343 e. The van der Waals surface area contributed by atoms with Crippen molar-refractivity contribution in [2.75, 3.05) is 6.61 Å². The van der Waals surface area contributed by atoms with Gasteiger partial charge in [0.1, 0.15) is 11.5 Å². The molecule has 0 N–H and O–H groups in total. The van der Waals surface area contributed by atoms with E-state index in [1.807, 2.05) is 30.3 Å². The number of carbonyl (C=O) groups is 2. The fourth-order valence-corrected chi connectivity index (χ4v) is 2.67. The van der Waals surface area contributed by atoms with E-state index in [1.54, 1.807) is 30.3 Å². The molecule has 0 heterocycles. The van der Waals surface area contributed by atoms with Gasteiger partial charge in [0.25, 0.3) is 0 Å². The molecule has 132 valence electrons. The summed E-state index contributed by atoms with van der Waals surface area (Å²) in [6, 6.07) is 17.8. The van der Waals surface area contributed by atoms with Crippen LogP contribution in [-0.2, 0) is 0 Å². The summed E-state index contributed by atoms with van der Waals surface area (Å²) in [4.78, 5) is 24.0. The Morgan fingerprint density at radius 1 is 1.04 bits per heavy atom. The van der Waals surface area contributed by atoms with Crippen LogP contribution in [0.1, 0.15) is 40.5 Å². The second kappa shape index (κ2) is 8.30. The van der Waals surface area contributed by atoms with Crippen LogP contribution in [0.25, 0.3) is 10.8 Å². The van der Waals surface area contributed by atoms with Crippen molar-refractivity contribution in [1.29, 1.82) is 0 Å². The highest BCUT2D eigenvalue weighted by atomic mass is 16.5. The van der Waals surface area contributed by atoms with Gasteiger partial charge >= 0.3 is 5.97 Å². The monoisotopic (exact) mass is 348 g/mol. The highest BCUT2D eigenvalue weighted by Crippen LogP contribution is 2.30. The summed E-state index contributed by atoms with van der Waals surface area (Å²) in [5.41, 5.74) is 0.719. The maximum absolute atomic E-state index is 12.6. The van der Waals surface area contributed by atoms with E-state index in [0.29, 0.717) is 29.8 Å². The van der Waals surface area contributed by atoms with Gasteiger partial charge in [-0.05, 0) is 36.1 Å². The molecular weight excluding hydrogens is 328 g/mol. The Morgan fingerprint density at radius 3 is 2.69 bits per heavy atom. The molecule has 0 aromatic heterocycles. The van der Waals surface area contributed by atoms with Crippen LogP contribution in [0.2, 0.25) is 0 Å². The number of aldehydes is 1. The Morgan fingerprint density at radius 2 is 1.88 bits per heavy atom. The number of esters is 1. The van der Waals surface area contributed by atoms with Crippen LogP contribution in [-0.4, -0.2) is 18.9 Å². The molecule has 4 heteroatoms. The summed E-state index contributed by atoms with van der Waals surface area (Å²) in [7, 11) is 0. The molecule has 0 aliphatic heterocycles. The zero-order valence-electron chi connectivity index (χ0n) is 14.6. The van der Waals surface area contributed by atoms with E-state index in [4.69, 9.17) is 9.47 Å². The molecule has 0 amide bonds. The molecule has 0 radical (unpaired) electrons. The molecule has 0 unspecified atom stereocenters. The first kappa shape index (κ1) is 17.7. The minimum Gasteiger partial charge on any atom is -0.494 e. The normalized spacial score (nSPS) is 10.5. The van der Waals surface area contributed by atoms with Crippen LogP contribution >= 0.6 is 0 Å². The highest BCUT2D eigenvalue weighted by molar-refractivity contribution is 6.00. The van der Waals surface area contributed by atoms with Crippen molar-refractivity contribution in [2.24, 2.45) is 0 Å². The number of fused-ring (bicyclic) bond motifs is 1. The van der Waals surface area contributed by atoms with Crippen molar-refractivity contribution < 1.29 is 19.1 Å². The number of benzene rings is 3. The Labute approximate surface area is 152 Å². The summed E-state index contributed by atoms with van der Waals surface area (Å²) in [6.45, 7) is 2.69. The zero-order chi connectivity index (χ0) is 18.4. The van der Waals surface area contributed by atoms with Gasteiger partial charge in [0, 0.05) is 5.39 Å². The predicted molar refractivity (Wildman–Crippen MR) is 101 cm³/mol. The molecule has 0 aliphatic rings. The van der Waals surface area contributed by atoms with Crippen LogP contribution in [0.3, 0.4) is 0 Å². The molecule has 0 aliphatic carbocycles. The third kappa shape index (κ3) is 3.91. The molecular formula is C22H20O4. The van der Waals surface area contributed by atoms with Gasteiger partial charge in [-0.1, -0.05) is 49.7 Å². The van der Waals surface area contributed by atoms with Crippen molar-refractivity contribution in [2.45, 2.75) is 19.8 Å². The topological polar surface area (TPSA) is 52.6 Å². The van der Waals surface area contributed by atoms with Crippen LogP contribution in [0.15, 0.2) is 60.7 Å². The van der Waals surface area contributed by atoms with E-state index < -0.39 is 5.97 Å². The van der Waals surface area contributed by atoms with Crippen molar-refractivity contribution in [3.05, 3.63) is 71.8 Å². The molecule has 0 saturated carbocycles. The van der Waals surface area contributed by atoms with Gasteiger partial charge in [-0.2, -0.15) is 0 Å². The van der Waals surface area contributed by atoms with Crippen molar-refractivity contribution in [3.8, 4) is 11.5 Å². The van der Waals surface area contributed by atoms with Crippen LogP contribution in [0, 0.1) is 0 Å². The fourth-order valence-electron chi connectivity index (χ4n) is 2.67. The lowest BCUT2D eigenvalue weighted by Gasteiger charge is -2.11. The van der Waals surface area contributed by atoms with Crippen LogP contribution in [0.5, 0.6) is 11.5 Å². The quantitative estimate of drug-likeness (QED) is 0.259. The lowest BCUT2D eigenvalue weighted by Crippen LogP contribution is -2.10. The molecule has 3 aromatic rings. The van der Waals surface area contributed by atoms with Crippen molar-refractivity contribution in [1.82, 2.24) is 0 Å². The molecule has 4 nitrogen and oxygen atoms in total. The minimum atomic E-state index is -0.523. The third-order valence-corrected chi connectivity index (χ3v) is 4.07. The van der Waals surface area contributed by atoms with E-state index >= 15 is 0 Å². The summed E-state index contributed by atoms with van der Waals surface area (Å²) in [5.74, 6) is 0.382. The molecule has 0 spiro atoms. The maximum atomic E-state index is 12.6. The number of hydrogen-bond donors (Lipinski definition) is 0. The van der Waals surface area contributed by atoms with Gasteiger partial charge in [0.15, 0.2) is 6.29 Å². The molecule has 0 bridgehead atoms. The van der Waals surface area contributed by atoms with Gasteiger partial charge < -0.3 is 9.47 Å². The Kier molecular flexibility index (Phi) is 5.64. The molecule has 3 aromatic carbocycles. The number of hydrogen-bond acceptors (Lipinski definition) is 4. The van der Waals surface area contributed by atoms with Crippen LogP contribution < -0.4 is 9.47 Å². The van der Waals surface area contributed by atoms with Gasteiger partial charge in [0.05, 0.1) is 17.7 Å². The van der Waals surface area contributed by atoms with E-state index in [-0.39, 0.29) is 5.75 Å². The highest BCUT2D eigenvalue weighted by Gasteiger charge is 2.15. The second-order valence-corrected chi connectivity index (χ2v) is 5.94. The number of ether oxygens (including phenoxy) is 2. The smallest absolute Gasteiger partial charge is 0.343 e. The SMILES string of the molecule is CCCCOc1cccc(C(=O)Oc2c(C=O)ccc3ccccc23)c1.